The minimum atomic E-state index is -0.354. The van der Waals surface area contributed by atoms with Crippen LogP contribution in [0.25, 0.3) is 0 Å². The molecule has 1 unspecified atom stereocenters. The molecule has 0 bridgehead atoms. The fraction of sp³-hybridized carbons (Fsp3) is 0.500. The summed E-state index contributed by atoms with van der Waals surface area (Å²) in [6.45, 7) is 7.20. The number of aryl methyl sites for hydroxylation is 1. The lowest BCUT2D eigenvalue weighted by Crippen LogP contribution is -2.35. The Morgan fingerprint density at radius 1 is 1.44 bits per heavy atom. The van der Waals surface area contributed by atoms with Gasteiger partial charge in [-0.3, -0.25) is 4.79 Å². The Balaban J connectivity index is 2.19. The van der Waals surface area contributed by atoms with Gasteiger partial charge in [-0.15, -0.1) is 0 Å². The van der Waals surface area contributed by atoms with E-state index in [-0.39, 0.29) is 17.1 Å². The molecule has 98 valence electrons. The molecule has 0 saturated carbocycles. The molecule has 1 aliphatic heterocycles. The van der Waals surface area contributed by atoms with Gasteiger partial charge in [0.15, 0.2) is 0 Å². The van der Waals surface area contributed by atoms with E-state index in [1.807, 2.05) is 32.9 Å². The Morgan fingerprint density at radius 2 is 2.17 bits per heavy atom. The van der Waals surface area contributed by atoms with Crippen molar-refractivity contribution in [3.8, 4) is 5.75 Å². The number of hydrogen-bond donors (Lipinski definition) is 3. The first-order valence-corrected chi connectivity index (χ1v) is 6.25. The molecule has 0 aliphatic carbocycles. The van der Waals surface area contributed by atoms with Crippen LogP contribution in [0.15, 0.2) is 12.1 Å². The summed E-state index contributed by atoms with van der Waals surface area (Å²) in [6, 6.07) is 3.65. The van der Waals surface area contributed by atoms with Gasteiger partial charge in [-0.05, 0) is 45.4 Å². The highest BCUT2D eigenvalue weighted by Crippen LogP contribution is 2.31. The van der Waals surface area contributed by atoms with E-state index in [4.69, 9.17) is 0 Å². The van der Waals surface area contributed by atoms with Gasteiger partial charge < -0.3 is 15.7 Å². The molecule has 1 fully saturated rings. The van der Waals surface area contributed by atoms with Crippen LogP contribution in [0.4, 0.5) is 5.69 Å². The molecule has 1 amide bonds. The van der Waals surface area contributed by atoms with Crippen LogP contribution in [0.2, 0.25) is 0 Å². The van der Waals surface area contributed by atoms with Crippen molar-refractivity contribution in [3.05, 3.63) is 23.3 Å². The fourth-order valence-electron chi connectivity index (χ4n) is 2.25. The topological polar surface area (TPSA) is 61.4 Å². The van der Waals surface area contributed by atoms with Crippen molar-refractivity contribution in [2.24, 2.45) is 5.41 Å². The first-order valence-electron chi connectivity index (χ1n) is 6.25. The van der Waals surface area contributed by atoms with E-state index in [0.717, 1.165) is 24.1 Å². The normalized spacial score (nSPS) is 23.1. The largest absolute Gasteiger partial charge is 0.507 e. The van der Waals surface area contributed by atoms with Crippen LogP contribution in [0.1, 0.15) is 24.5 Å². The van der Waals surface area contributed by atoms with Crippen LogP contribution in [0.5, 0.6) is 5.75 Å². The lowest BCUT2D eigenvalue weighted by molar-refractivity contribution is -0.123. The SMILES string of the molecule is Cc1ccc(NC(=O)C2(C)CCNC2)c(C)c1O. The van der Waals surface area contributed by atoms with Gasteiger partial charge in [0, 0.05) is 17.8 Å². The molecule has 1 aromatic rings. The molecule has 0 radical (unpaired) electrons. The molecule has 1 aromatic carbocycles. The number of hydrogen-bond acceptors (Lipinski definition) is 3. The summed E-state index contributed by atoms with van der Waals surface area (Å²) in [5.41, 5.74) is 1.88. The Morgan fingerprint density at radius 3 is 2.78 bits per heavy atom. The summed E-state index contributed by atoms with van der Waals surface area (Å²) < 4.78 is 0. The molecule has 18 heavy (non-hydrogen) atoms. The number of carbonyl (C=O) groups excluding carboxylic acids is 1. The third kappa shape index (κ3) is 2.20. The smallest absolute Gasteiger partial charge is 0.231 e. The third-order valence-electron chi connectivity index (χ3n) is 3.80. The molecule has 1 heterocycles. The van der Waals surface area contributed by atoms with E-state index in [0.29, 0.717) is 12.2 Å². The van der Waals surface area contributed by atoms with Crippen molar-refractivity contribution in [1.29, 1.82) is 0 Å². The van der Waals surface area contributed by atoms with Gasteiger partial charge in [0.05, 0.1) is 5.41 Å². The Hall–Kier alpha value is -1.55. The molecule has 4 heteroatoms. The second-order valence-corrected chi connectivity index (χ2v) is 5.35. The molecular formula is C14H20N2O2. The molecule has 1 atom stereocenters. The number of rotatable bonds is 2. The first-order chi connectivity index (χ1) is 8.44. The third-order valence-corrected chi connectivity index (χ3v) is 3.80. The van der Waals surface area contributed by atoms with E-state index in [1.54, 1.807) is 0 Å². The maximum Gasteiger partial charge on any atom is 0.231 e. The number of amides is 1. The van der Waals surface area contributed by atoms with Crippen molar-refractivity contribution in [3.63, 3.8) is 0 Å². The van der Waals surface area contributed by atoms with Crippen LogP contribution < -0.4 is 10.6 Å². The van der Waals surface area contributed by atoms with Crippen molar-refractivity contribution < 1.29 is 9.90 Å². The van der Waals surface area contributed by atoms with E-state index in [2.05, 4.69) is 10.6 Å². The molecule has 4 nitrogen and oxygen atoms in total. The maximum atomic E-state index is 12.3. The first kappa shape index (κ1) is 12.9. The zero-order chi connectivity index (χ0) is 13.3. The monoisotopic (exact) mass is 248 g/mol. The molecule has 1 aliphatic rings. The Bertz CT molecular complexity index is 477. The zero-order valence-corrected chi connectivity index (χ0v) is 11.1. The fourth-order valence-corrected chi connectivity index (χ4v) is 2.25. The number of carbonyl (C=O) groups is 1. The van der Waals surface area contributed by atoms with Gasteiger partial charge in [-0.1, -0.05) is 6.07 Å². The standard InChI is InChI=1S/C14H20N2O2/c1-9-4-5-11(10(2)12(9)17)16-13(18)14(3)6-7-15-8-14/h4-5,15,17H,6-8H2,1-3H3,(H,16,18). The second kappa shape index (κ2) is 4.61. The van der Waals surface area contributed by atoms with Crippen molar-refractivity contribution in [2.45, 2.75) is 27.2 Å². The van der Waals surface area contributed by atoms with Crippen LogP contribution in [-0.2, 0) is 4.79 Å². The van der Waals surface area contributed by atoms with Gasteiger partial charge in [-0.25, -0.2) is 0 Å². The maximum absolute atomic E-state index is 12.3. The van der Waals surface area contributed by atoms with Crippen LogP contribution in [-0.4, -0.2) is 24.1 Å². The average molecular weight is 248 g/mol. The number of phenols is 1. The highest BCUT2D eigenvalue weighted by Gasteiger charge is 2.36. The van der Waals surface area contributed by atoms with Crippen molar-refractivity contribution >= 4 is 11.6 Å². The summed E-state index contributed by atoms with van der Waals surface area (Å²) in [7, 11) is 0. The lowest BCUT2D eigenvalue weighted by Gasteiger charge is -2.22. The molecule has 3 N–H and O–H groups in total. The minimum absolute atomic E-state index is 0.0128. The summed E-state index contributed by atoms with van der Waals surface area (Å²) in [5, 5.41) is 16.0. The zero-order valence-electron chi connectivity index (χ0n) is 11.1. The number of nitrogens with one attached hydrogen (secondary N) is 2. The van der Waals surface area contributed by atoms with Gasteiger partial charge in [0.25, 0.3) is 0 Å². The lowest BCUT2D eigenvalue weighted by atomic mass is 9.88. The quantitative estimate of drug-likeness (QED) is 0.749. The minimum Gasteiger partial charge on any atom is -0.507 e. The number of anilines is 1. The van der Waals surface area contributed by atoms with Gasteiger partial charge in [-0.2, -0.15) is 0 Å². The summed E-state index contributed by atoms with van der Waals surface area (Å²) in [4.78, 5) is 12.3. The van der Waals surface area contributed by atoms with Crippen molar-refractivity contribution in [1.82, 2.24) is 5.32 Å². The van der Waals surface area contributed by atoms with E-state index in [1.165, 1.54) is 0 Å². The molecule has 0 spiro atoms. The van der Waals surface area contributed by atoms with E-state index >= 15 is 0 Å². The molecular weight excluding hydrogens is 228 g/mol. The van der Waals surface area contributed by atoms with Gasteiger partial charge in [0.2, 0.25) is 5.91 Å². The van der Waals surface area contributed by atoms with Gasteiger partial charge in [0.1, 0.15) is 5.75 Å². The second-order valence-electron chi connectivity index (χ2n) is 5.35. The highest BCUT2D eigenvalue weighted by atomic mass is 16.3. The highest BCUT2D eigenvalue weighted by molar-refractivity contribution is 5.96. The predicted molar refractivity (Wildman–Crippen MR) is 71.8 cm³/mol. The summed E-state index contributed by atoms with van der Waals surface area (Å²) in [5.74, 6) is 0.265. The molecule has 2 rings (SSSR count). The van der Waals surface area contributed by atoms with Crippen LogP contribution >= 0.6 is 0 Å². The number of phenolic OH excluding ortho intramolecular Hbond substituents is 1. The number of aromatic hydroxyl groups is 1. The van der Waals surface area contributed by atoms with Crippen molar-refractivity contribution in [2.75, 3.05) is 18.4 Å². The Kier molecular flexibility index (Phi) is 3.30. The summed E-state index contributed by atoms with van der Waals surface area (Å²) >= 11 is 0. The molecule has 0 aromatic heterocycles. The summed E-state index contributed by atoms with van der Waals surface area (Å²) in [6.07, 6.45) is 0.843. The van der Waals surface area contributed by atoms with E-state index in [9.17, 15) is 9.90 Å². The molecule has 1 saturated heterocycles. The Labute approximate surface area is 107 Å². The van der Waals surface area contributed by atoms with Crippen LogP contribution in [0.3, 0.4) is 0 Å². The van der Waals surface area contributed by atoms with Gasteiger partial charge >= 0.3 is 0 Å². The predicted octanol–water partition coefficient (Wildman–Crippen LogP) is 1.95. The number of benzene rings is 1. The van der Waals surface area contributed by atoms with Crippen LogP contribution in [0, 0.1) is 19.3 Å². The average Bonchev–Trinajstić information content (AvgIpc) is 2.78. The van der Waals surface area contributed by atoms with E-state index < -0.39 is 0 Å².